The molecule has 2 amide bonds. The van der Waals surface area contributed by atoms with Crippen LogP contribution in [-0.2, 0) is 26.2 Å². The number of likely N-dealkylation sites (N-methyl/N-ethyl adjacent to an activating group) is 1. The van der Waals surface area contributed by atoms with E-state index < -0.39 is 16.1 Å². The molecule has 7 nitrogen and oxygen atoms in total. The second kappa shape index (κ2) is 11.5. The molecule has 33 heavy (non-hydrogen) atoms. The second-order valence-electron chi connectivity index (χ2n) is 8.19. The van der Waals surface area contributed by atoms with Gasteiger partial charge in [0.2, 0.25) is 21.8 Å². The number of halogens is 1. The minimum atomic E-state index is -3.53. The number of anilines is 1. The molecule has 0 heterocycles. The Morgan fingerprint density at radius 3 is 2.24 bits per heavy atom. The van der Waals surface area contributed by atoms with Crippen molar-refractivity contribution in [3.63, 3.8) is 0 Å². The average molecular weight is 494 g/mol. The van der Waals surface area contributed by atoms with Gasteiger partial charge in [-0.05, 0) is 62.1 Å². The summed E-state index contributed by atoms with van der Waals surface area (Å²) >= 11 is 6.27. The van der Waals surface area contributed by atoms with Crippen LogP contribution in [-0.4, -0.2) is 51.0 Å². The van der Waals surface area contributed by atoms with Gasteiger partial charge in [-0.15, -0.1) is 0 Å². The third-order valence-corrected chi connectivity index (χ3v) is 6.92. The van der Waals surface area contributed by atoms with Gasteiger partial charge in [0, 0.05) is 31.6 Å². The number of aryl methyl sites for hydroxylation is 2. The molecule has 0 aliphatic rings. The Morgan fingerprint density at radius 1 is 1.09 bits per heavy atom. The number of hydrogen-bond acceptors (Lipinski definition) is 4. The van der Waals surface area contributed by atoms with Crippen LogP contribution >= 0.6 is 11.6 Å². The van der Waals surface area contributed by atoms with Gasteiger partial charge in [0.1, 0.15) is 6.04 Å². The molecule has 0 bridgehead atoms. The Morgan fingerprint density at radius 2 is 1.70 bits per heavy atom. The second-order valence-corrected chi connectivity index (χ2v) is 10.5. The lowest BCUT2D eigenvalue weighted by Crippen LogP contribution is -2.46. The number of nitrogens with one attached hydrogen (secondary N) is 1. The first-order valence-corrected chi connectivity index (χ1v) is 13.0. The normalized spacial score (nSPS) is 12.2. The van der Waals surface area contributed by atoms with Crippen LogP contribution in [0.3, 0.4) is 0 Å². The maximum absolute atomic E-state index is 13.1. The summed E-state index contributed by atoms with van der Waals surface area (Å²) in [6.45, 7) is 5.81. The molecule has 1 atom stereocenters. The number of amides is 2. The van der Waals surface area contributed by atoms with Crippen molar-refractivity contribution in [2.24, 2.45) is 0 Å². The molecule has 0 aliphatic heterocycles. The zero-order valence-corrected chi connectivity index (χ0v) is 21.3. The van der Waals surface area contributed by atoms with Gasteiger partial charge in [-0.3, -0.25) is 13.9 Å². The molecule has 0 fully saturated rings. The molecule has 0 aromatic heterocycles. The highest BCUT2D eigenvalue weighted by molar-refractivity contribution is 7.92. The van der Waals surface area contributed by atoms with Crippen molar-refractivity contribution in [3.8, 4) is 0 Å². The summed E-state index contributed by atoms with van der Waals surface area (Å²) in [5.41, 5.74) is 3.23. The molecule has 0 aliphatic carbocycles. The number of hydrogen-bond donors (Lipinski definition) is 1. The monoisotopic (exact) mass is 493 g/mol. The van der Waals surface area contributed by atoms with Crippen molar-refractivity contribution in [3.05, 3.63) is 64.2 Å². The van der Waals surface area contributed by atoms with Crippen LogP contribution in [0.1, 0.15) is 36.5 Å². The number of benzene rings is 2. The molecule has 9 heteroatoms. The van der Waals surface area contributed by atoms with E-state index in [1.807, 2.05) is 44.2 Å². The van der Waals surface area contributed by atoms with Gasteiger partial charge in [0.05, 0.1) is 11.9 Å². The molecule has 0 saturated heterocycles. The first-order valence-electron chi connectivity index (χ1n) is 10.7. The fraction of sp³-hybridized carbons (Fsp3) is 0.417. The predicted octanol–water partition coefficient (Wildman–Crippen LogP) is 3.67. The summed E-state index contributed by atoms with van der Waals surface area (Å²) in [7, 11) is -2.01. The maximum Gasteiger partial charge on any atom is 0.242 e. The summed E-state index contributed by atoms with van der Waals surface area (Å²) in [5, 5.41) is 3.08. The van der Waals surface area contributed by atoms with Crippen LogP contribution in [0.2, 0.25) is 5.02 Å². The Bertz CT molecular complexity index is 1080. The lowest BCUT2D eigenvalue weighted by Gasteiger charge is -2.29. The minimum absolute atomic E-state index is 0.0859. The highest BCUT2D eigenvalue weighted by Gasteiger charge is 2.26. The molecule has 2 aromatic carbocycles. The van der Waals surface area contributed by atoms with Gasteiger partial charge in [-0.2, -0.15) is 0 Å². The number of nitrogens with zero attached hydrogens (tertiary/aromatic N) is 2. The molecule has 0 saturated carbocycles. The molecule has 1 N–H and O–H groups in total. The van der Waals surface area contributed by atoms with Gasteiger partial charge in [-0.25, -0.2) is 8.42 Å². The largest absolute Gasteiger partial charge is 0.357 e. The van der Waals surface area contributed by atoms with E-state index in [9.17, 15) is 18.0 Å². The first-order chi connectivity index (χ1) is 15.4. The van der Waals surface area contributed by atoms with Crippen LogP contribution in [0.15, 0.2) is 42.5 Å². The Kier molecular flexibility index (Phi) is 9.31. The van der Waals surface area contributed by atoms with E-state index in [0.717, 1.165) is 22.9 Å². The van der Waals surface area contributed by atoms with E-state index in [4.69, 9.17) is 11.6 Å². The van der Waals surface area contributed by atoms with Crippen LogP contribution in [0.4, 0.5) is 5.69 Å². The third kappa shape index (κ3) is 7.47. The Balaban J connectivity index is 2.18. The summed E-state index contributed by atoms with van der Waals surface area (Å²) < 4.78 is 26.2. The van der Waals surface area contributed by atoms with E-state index in [2.05, 4.69) is 5.32 Å². The lowest BCUT2D eigenvalue weighted by molar-refractivity contribution is -0.140. The van der Waals surface area contributed by atoms with Crippen LogP contribution in [0.5, 0.6) is 0 Å². The SMILES string of the molecule is CNC(=O)C(C)N(Cc1ccccc1Cl)C(=O)CCCN(c1cc(C)cc(C)c1)S(C)(=O)=O. The minimum Gasteiger partial charge on any atom is -0.357 e. The topological polar surface area (TPSA) is 86.8 Å². The Labute approximate surface area is 201 Å². The number of carbonyl (C=O) groups excluding carboxylic acids is 2. The van der Waals surface area contributed by atoms with Crippen LogP contribution in [0.25, 0.3) is 0 Å². The van der Waals surface area contributed by atoms with E-state index >= 15 is 0 Å². The molecule has 180 valence electrons. The fourth-order valence-corrected chi connectivity index (χ4v) is 4.84. The van der Waals surface area contributed by atoms with Crippen LogP contribution < -0.4 is 9.62 Å². The molecule has 2 rings (SSSR count). The van der Waals surface area contributed by atoms with Gasteiger partial charge < -0.3 is 10.2 Å². The van der Waals surface area contributed by atoms with Gasteiger partial charge >= 0.3 is 0 Å². The highest BCUT2D eigenvalue weighted by Crippen LogP contribution is 2.23. The van der Waals surface area contributed by atoms with Crippen molar-refractivity contribution < 1.29 is 18.0 Å². The summed E-state index contributed by atoms with van der Waals surface area (Å²) in [4.78, 5) is 26.9. The van der Waals surface area contributed by atoms with Crippen LogP contribution in [0, 0.1) is 13.8 Å². The molecule has 0 radical (unpaired) electrons. The fourth-order valence-electron chi connectivity index (χ4n) is 3.70. The lowest BCUT2D eigenvalue weighted by atomic mass is 10.1. The van der Waals surface area contributed by atoms with Crippen molar-refractivity contribution in [1.29, 1.82) is 0 Å². The Hall–Kier alpha value is -2.58. The zero-order chi connectivity index (χ0) is 24.8. The van der Waals surface area contributed by atoms with Gasteiger partial charge in [-0.1, -0.05) is 35.9 Å². The van der Waals surface area contributed by atoms with Gasteiger partial charge in [0.25, 0.3) is 0 Å². The first kappa shape index (κ1) is 26.7. The van der Waals surface area contributed by atoms with E-state index in [1.54, 1.807) is 19.1 Å². The summed E-state index contributed by atoms with van der Waals surface area (Å²) in [6.07, 6.45) is 1.55. The molecule has 2 aromatic rings. The van der Waals surface area contributed by atoms with E-state index in [1.165, 1.54) is 16.3 Å². The van der Waals surface area contributed by atoms with Crippen molar-refractivity contribution >= 4 is 39.1 Å². The quantitative estimate of drug-likeness (QED) is 0.547. The zero-order valence-electron chi connectivity index (χ0n) is 19.8. The average Bonchev–Trinajstić information content (AvgIpc) is 2.73. The highest BCUT2D eigenvalue weighted by atomic mass is 35.5. The molecular weight excluding hydrogens is 462 g/mol. The smallest absolute Gasteiger partial charge is 0.242 e. The predicted molar refractivity (Wildman–Crippen MR) is 133 cm³/mol. The summed E-state index contributed by atoms with van der Waals surface area (Å²) in [5.74, 6) is -0.539. The number of carbonyl (C=O) groups is 2. The van der Waals surface area contributed by atoms with Gasteiger partial charge in [0.15, 0.2) is 0 Å². The molecular formula is C24H32ClN3O4S. The molecule has 0 spiro atoms. The third-order valence-electron chi connectivity index (χ3n) is 5.36. The van der Waals surface area contributed by atoms with E-state index in [0.29, 0.717) is 17.1 Å². The standard InChI is InChI=1S/C24H32ClN3O4S/c1-17-13-18(2)15-21(14-17)28(33(5,31)32)12-8-11-23(29)27(19(3)24(30)26-4)16-20-9-6-7-10-22(20)25/h6-7,9-10,13-15,19H,8,11-12,16H2,1-5H3,(H,26,30). The van der Waals surface area contributed by atoms with E-state index in [-0.39, 0.29) is 31.3 Å². The molecule has 1 unspecified atom stereocenters. The van der Waals surface area contributed by atoms with Crippen molar-refractivity contribution in [2.45, 2.75) is 46.2 Å². The van der Waals surface area contributed by atoms with Crippen molar-refractivity contribution in [1.82, 2.24) is 10.2 Å². The van der Waals surface area contributed by atoms with Crippen molar-refractivity contribution in [2.75, 3.05) is 24.2 Å². The number of rotatable bonds is 10. The summed E-state index contributed by atoms with van der Waals surface area (Å²) in [6, 6.07) is 12.1. The number of sulfonamides is 1. The maximum atomic E-state index is 13.1.